The van der Waals surface area contributed by atoms with Crippen molar-refractivity contribution < 1.29 is 14.7 Å². The number of nitrogens with one attached hydrogen (secondary N) is 1. The van der Waals surface area contributed by atoms with Crippen molar-refractivity contribution in [1.29, 1.82) is 0 Å². The van der Waals surface area contributed by atoms with Crippen molar-refractivity contribution in [1.82, 2.24) is 10.4 Å². The second kappa shape index (κ2) is 6.10. The van der Waals surface area contributed by atoms with Crippen LogP contribution in [-0.4, -0.2) is 27.3 Å². The van der Waals surface area contributed by atoms with E-state index in [0.29, 0.717) is 5.02 Å². The number of para-hydroxylation sites is 1. The third kappa shape index (κ3) is 2.85. The highest BCUT2D eigenvalue weighted by Crippen LogP contribution is 2.38. The van der Waals surface area contributed by atoms with Gasteiger partial charge in [0.15, 0.2) is 0 Å². The van der Waals surface area contributed by atoms with Crippen molar-refractivity contribution in [2.45, 2.75) is 11.4 Å². The number of rotatable bonds is 3. The molecule has 1 aliphatic rings. The predicted molar refractivity (Wildman–Crippen MR) is 86.3 cm³/mol. The first-order valence-electron chi connectivity index (χ1n) is 6.80. The number of alkyl halides is 1. The second-order valence-electron chi connectivity index (χ2n) is 5.07. The number of carbonyl (C=O) groups excluding carboxylic acids is 2. The van der Waals surface area contributed by atoms with Crippen LogP contribution in [0.3, 0.4) is 0 Å². The lowest BCUT2D eigenvalue weighted by atomic mass is 9.95. The molecule has 0 aliphatic carbocycles. The molecular weight excluding hydrogens is 339 g/mol. The predicted octanol–water partition coefficient (Wildman–Crippen LogP) is 2.88. The molecule has 2 N–H and O–H groups in total. The first-order chi connectivity index (χ1) is 11.0. The lowest BCUT2D eigenvalue weighted by Gasteiger charge is -2.44. The van der Waals surface area contributed by atoms with Crippen LogP contribution < -0.4 is 5.43 Å². The molecule has 0 saturated carbocycles. The van der Waals surface area contributed by atoms with Gasteiger partial charge < -0.3 is 5.11 Å². The van der Waals surface area contributed by atoms with E-state index < -0.39 is 23.2 Å². The van der Waals surface area contributed by atoms with E-state index in [9.17, 15) is 14.7 Å². The fourth-order valence-electron chi connectivity index (χ4n) is 2.42. The van der Waals surface area contributed by atoms with E-state index in [1.807, 2.05) is 0 Å². The molecule has 0 bridgehead atoms. The van der Waals surface area contributed by atoms with Crippen molar-refractivity contribution in [3.63, 3.8) is 0 Å². The molecule has 23 heavy (non-hydrogen) atoms. The standard InChI is InChI=1S/C16H12Cl2N2O3/c17-10-5-3-4-9(8-10)14-13(18)16(23)20(14)19-15(22)11-6-1-2-7-12(11)21/h1-8,13-14,21H,(H,19,22)/t13-,14+/m0/s1. The molecule has 0 radical (unpaired) electrons. The summed E-state index contributed by atoms with van der Waals surface area (Å²) in [7, 11) is 0. The summed E-state index contributed by atoms with van der Waals surface area (Å²) in [5, 5.41) is 10.6. The SMILES string of the molecule is O=C(NN1C(=O)[C@@H](Cl)[C@H]1c1cccc(Cl)c1)c1ccccc1O. The van der Waals surface area contributed by atoms with Crippen LogP contribution in [0.4, 0.5) is 0 Å². The number of halogens is 2. The minimum absolute atomic E-state index is 0.0724. The fraction of sp³-hybridized carbons (Fsp3) is 0.125. The molecule has 5 nitrogen and oxygen atoms in total. The average Bonchev–Trinajstić information content (AvgIpc) is 2.54. The number of nitrogens with zero attached hydrogens (tertiary/aromatic N) is 1. The maximum Gasteiger partial charge on any atom is 0.273 e. The van der Waals surface area contributed by atoms with Gasteiger partial charge in [-0.3, -0.25) is 15.0 Å². The molecule has 3 rings (SSSR count). The molecule has 2 aromatic rings. The molecule has 118 valence electrons. The number of phenolic OH excluding ortho intramolecular Hbond substituents is 1. The zero-order valence-electron chi connectivity index (χ0n) is 11.7. The number of hydrazine groups is 1. The number of carbonyl (C=O) groups is 2. The Morgan fingerprint density at radius 2 is 1.91 bits per heavy atom. The lowest BCUT2D eigenvalue weighted by molar-refractivity contribution is -0.149. The van der Waals surface area contributed by atoms with Crippen molar-refractivity contribution >= 4 is 35.0 Å². The highest BCUT2D eigenvalue weighted by molar-refractivity contribution is 6.34. The van der Waals surface area contributed by atoms with Crippen LogP contribution in [-0.2, 0) is 4.79 Å². The summed E-state index contributed by atoms with van der Waals surface area (Å²) in [5.41, 5.74) is 3.27. The number of benzene rings is 2. The van der Waals surface area contributed by atoms with Crippen LogP contribution in [0.5, 0.6) is 5.75 Å². The van der Waals surface area contributed by atoms with E-state index in [2.05, 4.69) is 5.43 Å². The Hall–Kier alpha value is -2.24. The van der Waals surface area contributed by atoms with Gasteiger partial charge in [0.05, 0.1) is 5.56 Å². The maximum atomic E-state index is 12.2. The molecule has 0 spiro atoms. The van der Waals surface area contributed by atoms with Crippen LogP contribution in [0.15, 0.2) is 48.5 Å². The van der Waals surface area contributed by atoms with Crippen LogP contribution in [0, 0.1) is 0 Å². The van der Waals surface area contributed by atoms with E-state index in [1.54, 1.807) is 36.4 Å². The Bertz CT molecular complexity index is 781. The molecule has 0 aromatic heterocycles. The number of hydrogen-bond acceptors (Lipinski definition) is 3. The van der Waals surface area contributed by atoms with Crippen molar-refractivity contribution in [2.24, 2.45) is 0 Å². The summed E-state index contributed by atoms with van der Waals surface area (Å²) < 4.78 is 0. The molecule has 1 fully saturated rings. The summed E-state index contributed by atoms with van der Waals surface area (Å²) in [6.45, 7) is 0. The van der Waals surface area contributed by atoms with Gasteiger partial charge in [-0.15, -0.1) is 11.6 Å². The van der Waals surface area contributed by atoms with Gasteiger partial charge in [-0.2, -0.15) is 0 Å². The zero-order valence-corrected chi connectivity index (χ0v) is 13.3. The summed E-state index contributed by atoms with van der Waals surface area (Å²) in [6, 6.07) is 12.5. The smallest absolute Gasteiger partial charge is 0.273 e. The number of hydrogen-bond donors (Lipinski definition) is 2. The summed E-state index contributed by atoms with van der Waals surface area (Å²) in [6.07, 6.45) is 0. The Kier molecular flexibility index (Phi) is 4.15. The minimum Gasteiger partial charge on any atom is -0.507 e. The van der Waals surface area contributed by atoms with Gasteiger partial charge in [0.1, 0.15) is 17.2 Å². The van der Waals surface area contributed by atoms with Gasteiger partial charge >= 0.3 is 0 Å². The van der Waals surface area contributed by atoms with Crippen molar-refractivity contribution in [3.8, 4) is 5.75 Å². The molecule has 2 atom stereocenters. The fourth-order valence-corrected chi connectivity index (χ4v) is 2.98. The first-order valence-corrected chi connectivity index (χ1v) is 7.62. The molecule has 1 heterocycles. The Balaban J connectivity index is 1.82. The molecule has 1 aliphatic heterocycles. The van der Waals surface area contributed by atoms with Crippen LogP contribution >= 0.6 is 23.2 Å². The highest BCUT2D eigenvalue weighted by Gasteiger charge is 2.48. The van der Waals surface area contributed by atoms with Crippen LogP contribution in [0.25, 0.3) is 0 Å². The number of β-lactam (4-membered cyclic amide) rings is 1. The molecular formula is C16H12Cl2N2O3. The van der Waals surface area contributed by atoms with E-state index in [-0.39, 0.29) is 11.3 Å². The number of amides is 2. The molecule has 7 heteroatoms. The second-order valence-corrected chi connectivity index (χ2v) is 5.97. The summed E-state index contributed by atoms with van der Waals surface area (Å²) in [4.78, 5) is 24.2. The van der Waals surface area contributed by atoms with Crippen LogP contribution in [0.1, 0.15) is 22.0 Å². The number of phenols is 1. The van der Waals surface area contributed by atoms with Gasteiger partial charge in [0.2, 0.25) is 0 Å². The average molecular weight is 351 g/mol. The highest BCUT2D eigenvalue weighted by atomic mass is 35.5. The Morgan fingerprint density at radius 3 is 2.61 bits per heavy atom. The molecule has 0 unspecified atom stereocenters. The Labute approximate surface area is 142 Å². The summed E-state index contributed by atoms with van der Waals surface area (Å²) >= 11 is 12.0. The third-order valence-corrected chi connectivity index (χ3v) is 4.25. The maximum absolute atomic E-state index is 12.2. The topological polar surface area (TPSA) is 69.6 Å². The van der Waals surface area contributed by atoms with Crippen molar-refractivity contribution in [2.75, 3.05) is 0 Å². The van der Waals surface area contributed by atoms with Crippen LogP contribution in [0.2, 0.25) is 5.02 Å². The largest absolute Gasteiger partial charge is 0.507 e. The van der Waals surface area contributed by atoms with Gasteiger partial charge in [-0.25, -0.2) is 5.01 Å². The summed E-state index contributed by atoms with van der Waals surface area (Å²) in [5.74, 6) is -1.17. The first kappa shape index (κ1) is 15.6. The number of aromatic hydroxyl groups is 1. The molecule has 2 aromatic carbocycles. The monoisotopic (exact) mass is 350 g/mol. The normalized spacial score (nSPS) is 20.1. The van der Waals surface area contributed by atoms with E-state index >= 15 is 0 Å². The van der Waals surface area contributed by atoms with Gasteiger partial charge in [-0.05, 0) is 29.8 Å². The third-order valence-electron chi connectivity index (χ3n) is 3.59. The zero-order chi connectivity index (χ0) is 16.6. The van der Waals surface area contributed by atoms with Gasteiger partial charge in [0.25, 0.3) is 11.8 Å². The van der Waals surface area contributed by atoms with E-state index in [0.717, 1.165) is 10.6 Å². The molecule has 1 saturated heterocycles. The van der Waals surface area contributed by atoms with Gasteiger partial charge in [-0.1, -0.05) is 35.9 Å². The van der Waals surface area contributed by atoms with E-state index in [4.69, 9.17) is 23.2 Å². The lowest BCUT2D eigenvalue weighted by Crippen LogP contribution is -2.63. The minimum atomic E-state index is -0.780. The quantitative estimate of drug-likeness (QED) is 0.660. The van der Waals surface area contributed by atoms with E-state index in [1.165, 1.54) is 12.1 Å². The van der Waals surface area contributed by atoms with Gasteiger partial charge in [0, 0.05) is 5.02 Å². The molecule has 2 amide bonds. The Morgan fingerprint density at radius 1 is 1.17 bits per heavy atom. The van der Waals surface area contributed by atoms with Crippen molar-refractivity contribution in [3.05, 3.63) is 64.7 Å².